The van der Waals surface area contributed by atoms with E-state index in [1.807, 2.05) is 0 Å². The van der Waals surface area contributed by atoms with Crippen LogP contribution in [0.1, 0.15) is 27.2 Å². The van der Waals surface area contributed by atoms with Crippen LogP contribution in [0.3, 0.4) is 0 Å². The maximum absolute atomic E-state index is 11.6. The highest BCUT2D eigenvalue weighted by Crippen LogP contribution is 2.30. The number of aliphatic hydroxyl groups excluding tert-OH is 3. The predicted octanol–water partition coefficient (Wildman–Crippen LogP) is -1.59. The average molecular weight is 274 g/mol. The number of aldehydes is 1. The van der Waals surface area contributed by atoms with E-state index in [4.69, 9.17) is 5.11 Å². The molecule has 0 aliphatic carbocycles. The fourth-order valence-corrected chi connectivity index (χ4v) is 2.09. The van der Waals surface area contributed by atoms with Gasteiger partial charge in [0.15, 0.2) is 22.8 Å². The first kappa shape index (κ1) is 17.6. The summed E-state index contributed by atoms with van der Waals surface area (Å²) in [6, 6.07) is 0. The first-order valence-corrected chi connectivity index (χ1v) is 5.64. The molecule has 3 atom stereocenters. The number of ketones is 3. The largest absolute Gasteiger partial charge is 0.390 e. The Hall–Kier alpha value is -1.44. The normalized spacial score (nSPS) is 16.3. The molecule has 0 heterocycles. The minimum atomic E-state index is -2.37. The Balaban J connectivity index is 5.51. The fourth-order valence-electron chi connectivity index (χ4n) is 2.09. The van der Waals surface area contributed by atoms with Crippen LogP contribution in [-0.4, -0.2) is 57.3 Å². The Morgan fingerprint density at radius 1 is 1.00 bits per heavy atom. The van der Waals surface area contributed by atoms with Crippen molar-refractivity contribution in [2.75, 3.05) is 0 Å². The highest BCUT2D eigenvalue weighted by Gasteiger charge is 2.54. The molecule has 3 N–H and O–H groups in total. The molecule has 0 aromatic rings. The zero-order valence-corrected chi connectivity index (χ0v) is 11.0. The summed E-state index contributed by atoms with van der Waals surface area (Å²) in [7, 11) is 0. The van der Waals surface area contributed by atoms with Crippen molar-refractivity contribution in [1.82, 2.24) is 0 Å². The molecule has 7 heteroatoms. The molecule has 0 rings (SSSR count). The minimum Gasteiger partial charge on any atom is -0.390 e. The van der Waals surface area contributed by atoms with E-state index in [9.17, 15) is 29.4 Å². The van der Waals surface area contributed by atoms with Crippen molar-refractivity contribution in [2.45, 2.75) is 45.5 Å². The van der Waals surface area contributed by atoms with E-state index in [0.717, 1.165) is 20.8 Å². The molecule has 19 heavy (non-hydrogen) atoms. The first-order valence-electron chi connectivity index (χ1n) is 5.64. The number of carbonyl (C=O) groups excluding carboxylic acids is 4. The summed E-state index contributed by atoms with van der Waals surface area (Å²) in [5.41, 5.74) is -2.37. The van der Waals surface area contributed by atoms with E-state index in [0.29, 0.717) is 0 Å². The van der Waals surface area contributed by atoms with Gasteiger partial charge in [-0.15, -0.1) is 0 Å². The Bertz CT molecular complexity index is 352. The summed E-state index contributed by atoms with van der Waals surface area (Å²) >= 11 is 0. The minimum absolute atomic E-state index is 0.132. The van der Waals surface area contributed by atoms with Crippen molar-refractivity contribution in [3.63, 3.8) is 0 Å². The van der Waals surface area contributed by atoms with Gasteiger partial charge in [0.05, 0.1) is 6.10 Å². The smallest absolute Gasteiger partial charge is 0.172 e. The lowest BCUT2D eigenvalue weighted by atomic mass is 9.70. The Morgan fingerprint density at radius 3 is 1.63 bits per heavy atom. The fraction of sp³-hybridized carbons (Fsp3) is 0.667. The molecular weight excluding hydrogens is 256 g/mol. The summed E-state index contributed by atoms with van der Waals surface area (Å²) in [4.78, 5) is 45.1. The molecule has 0 aliphatic heterocycles. The zero-order chi connectivity index (χ0) is 15.4. The van der Waals surface area contributed by atoms with E-state index in [1.165, 1.54) is 0 Å². The average Bonchev–Trinajstić information content (AvgIpc) is 2.27. The third kappa shape index (κ3) is 3.31. The monoisotopic (exact) mass is 274 g/mol. The third-order valence-corrected chi connectivity index (χ3v) is 3.11. The Kier molecular flexibility index (Phi) is 6.14. The highest BCUT2D eigenvalue weighted by molar-refractivity contribution is 6.23. The summed E-state index contributed by atoms with van der Waals surface area (Å²) in [5, 5.41) is 28.7. The van der Waals surface area contributed by atoms with Crippen LogP contribution < -0.4 is 0 Å². The van der Waals surface area contributed by atoms with Gasteiger partial charge in [-0.05, 0) is 20.8 Å². The van der Waals surface area contributed by atoms with E-state index < -0.39 is 47.5 Å². The van der Waals surface area contributed by atoms with Gasteiger partial charge in [-0.3, -0.25) is 14.4 Å². The maximum atomic E-state index is 11.6. The number of rotatable bonds is 8. The summed E-state index contributed by atoms with van der Waals surface area (Å²) in [5.74, 6) is -2.71. The maximum Gasteiger partial charge on any atom is 0.172 e. The van der Waals surface area contributed by atoms with Crippen molar-refractivity contribution in [1.29, 1.82) is 0 Å². The van der Waals surface area contributed by atoms with E-state index >= 15 is 0 Å². The van der Waals surface area contributed by atoms with Gasteiger partial charge in [-0.25, -0.2) is 0 Å². The van der Waals surface area contributed by atoms with E-state index in [-0.39, 0.29) is 6.29 Å². The second-order valence-electron chi connectivity index (χ2n) is 4.43. The van der Waals surface area contributed by atoms with Gasteiger partial charge in [0.2, 0.25) is 0 Å². The molecule has 108 valence electrons. The molecule has 0 aromatic heterocycles. The Labute approximate surface area is 110 Å². The molecule has 0 fully saturated rings. The van der Waals surface area contributed by atoms with Crippen molar-refractivity contribution in [2.24, 2.45) is 5.41 Å². The van der Waals surface area contributed by atoms with Gasteiger partial charge in [0.25, 0.3) is 0 Å². The SMILES string of the molecule is CC(=O)C(C(C)=O)(C(C)=O)[C@H](O)[C@@H](O)C[C@H](O)C=O. The third-order valence-electron chi connectivity index (χ3n) is 3.11. The van der Waals surface area contributed by atoms with Crippen LogP contribution in [0.4, 0.5) is 0 Å². The number of hydrogen-bond donors (Lipinski definition) is 3. The van der Waals surface area contributed by atoms with Gasteiger partial charge < -0.3 is 20.1 Å². The molecule has 0 spiro atoms. The quantitative estimate of drug-likeness (QED) is 0.359. The zero-order valence-electron chi connectivity index (χ0n) is 11.0. The summed E-state index contributed by atoms with van der Waals surface area (Å²) in [6.45, 7) is 2.86. The molecule has 0 saturated carbocycles. The molecule has 0 aromatic carbocycles. The number of hydrogen-bond acceptors (Lipinski definition) is 7. The van der Waals surface area contributed by atoms with Gasteiger partial charge in [-0.2, -0.15) is 0 Å². The van der Waals surface area contributed by atoms with Gasteiger partial charge in [-0.1, -0.05) is 0 Å². The molecule has 0 aliphatic rings. The molecule has 0 radical (unpaired) electrons. The van der Waals surface area contributed by atoms with Crippen molar-refractivity contribution in [3.05, 3.63) is 0 Å². The lowest BCUT2D eigenvalue weighted by Gasteiger charge is -2.34. The van der Waals surface area contributed by atoms with Crippen molar-refractivity contribution in [3.8, 4) is 0 Å². The van der Waals surface area contributed by atoms with Crippen LogP contribution in [-0.2, 0) is 19.2 Å². The predicted molar refractivity (Wildman–Crippen MR) is 63.2 cm³/mol. The lowest BCUT2D eigenvalue weighted by molar-refractivity contribution is -0.161. The van der Waals surface area contributed by atoms with Crippen LogP contribution in [0, 0.1) is 5.41 Å². The summed E-state index contributed by atoms with van der Waals surface area (Å²) < 4.78 is 0. The highest BCUT2D eigenvalue weighted by atomic mass is 16.3. The van der Waals surface area contributed by atoms with Crippen molar-refractivity contribution >= 4 is 23.6 Å². The standard InChI is InChI=1S/C12H18O7/c1-6(14)12(7(2)15,8(3)16)11(19)10(18)4-9(17)5-13/h5,9-11,17-19H,4H2,1-3H3/t9-,10-,11+/m0/s1. The van der Waals surface area contributed by atoms with Crippen LogP contribution in [0.5, 0.6) is 0 Å². The van der Waals surface area contributed by atoms with Crippen molar-refractivity contribution < 1.29 is 34.5 Å². The number of Topliss-reactive ketones (excluding diaryl/α,β-unsaturated/α-hetero) is 3. The molecule has 0 saturated heterocycles. The number of aliphatic hydroxyl groups is 3. The molecule has 0 unspecified atom stereocenters. The van der Waals surface area contributed by atoms with E-state index in [1.54, 1.807) is 0 Å². The lowest BCUT2D eigenvalue weighted by Crippen LogP contribution is -2.57. The number of carbonyl (C=O) groups is 4. The summed E-state index contributed by atoms with van der Waals surface area (Å²) in [6.07, 6.45) is -5.80. The van der Waals surface area contributed by atoms with Gasteiger partial charge >= 0.3 is 0 Å². The molecular formula is C12H18O7. The van der Waals surface area contributed by atoms with E-state index in [2.05, 4.69) is 0 Å². The van der Waals surface area contributed by atoms with Crippen LogP contribution in [0.25, 0.3) is 0 Å². The molecule has 0 bridgehead atoms. The Morgan fingerprint density at radius 2 is 1.37 bits per heavy atom. The van der Waals surface area contributed by atoms with Crippen LogP contribution in [0.2, 0.25) is 0 Å². The molecule has 7 nitrogen and oxygen atoms in total. The van der Waals surface area contributed by atoms with Crippen LogP contribution in [0.15, 0.2) is 0 Å². The second-order valence-corrected chi connectivity index (χ2v) is 4.43. The second kappa shape index (κ2) is 6.65. The first-order chi connectivity index (χ1) is 8.62. The van der Waals surface area contributed by atoms with Crippen LogP contribution >= 0.6 is 0 Å². The van der Waals surface area contributed by atoms with Gasteiger partial charge in [0.1, 0.15) is 18.5 Å². The van der Waals surface area contributed by atoms with Gasteiger partial charge in [0, 0.05) is 6.42 Å². The molecule has 0 amide bonds. The topological polar surface area (TPSA) is 129 Å².